The average Bonchev–Trinajstić information content (AvgIpc) is 2.93. The summed E-state index contributed by atoms with van der Waals surface area (Å²) < 4.78 is 15.3. The van der Waals surface area contributed by atoms with E-state index in [1.54, 1.807) is 24.5 Å². The Bertz CT molecular complexity index is 615. The normalized spacial score (nSPS) is 10.9. The maximum Gasteiger partial charge on any atom is 0.230 e. The Hall–Kier alpha value is -1.89. The molecule has 1 aromatic carbocycles. The Morgan fingerprint density at radius 2 is 2.19 bits per heavy atom. The summed E-state index contributed by atoms with van der Waals surface area (Å²) in [6.07, 6.45) is 1.64. The van der Waals surface area contributed by atoms with Crippen molar-refractivity contribution in [1.82, 2.24) is 20.1 Å². The van der Waals surface area contributed by atoms with Crippen LogP contribution >= 0.6 is 11.8 Å². The molecule has 1 heterocycles. The van der Waals surface area contributed by atoms with Crippen LogP contribution in [0.15, 0.2) is 35.7 Å². The summed E-state index contributed by atoms with van der Waals surface area (Å²) in [7, 11) is 0. The van der Waals surface area contributed by atoms with Crippen LogP contribution in [0.25, 0.3) is 0 Å². The van der Waals surface area contributed by atoms with E-state index in [1.165, 1.54) is 17.8 Å². The molecule has 0 radical (unpaired) electrons. The Kier molecular flexibility index (Phi) is 5.32. The van der Waals surface area contributed by atoms with Crippen LogP contribution in [0.4, 0.5) is 4.39 Å². The highest BCUT2D eigenvalue weighted by atomic mass is 32.2. The van der Waals surface area contributed by atoms with Gasteiger partial charge in [0.25, 0.3) is 0 Å². The molecule has 112 valence electrons. The Morgan fingerprint density at radius 1 is 1.43 bits per heavy atom. The van der Waals surface area contributed by atoms with Gasteiger partial charge in [-0.25, -0.2) is 4.39 Å². The molecule has 0 aliphatic carbocycles. The lowest BCUT2D eigenvalue weighted by atomic mass is 10.2. The number of carbonyl (C=O) groups is 1. The lowest BCUT2D eigenvalue weighted by Crippen LogP contribution is -2.25. The number of amides is 1. The molecule has 0 spiro atoms. The molecule has 0 saturated carbocycles. The highest BCUT2D eigenvalue weighted by Gasteiger charge is 2.11. The largest absolute Gasteiger partial charge is 0.351 e. The second-order valence-corrected chi connectivity index (χ2v) is 5.71. The van der Waals surface area contributed by atoms with Gasteiger partial charge in [-0.15, -0.1) is 10.2 Å². The number of hydrogen-bond acceptors (Lipinski definition) is 4. The molecular formula is C14H17FN4OS. The zero-order valence-corrected chi connectivity index (χ0v) is 12.7. The molecule has 0 aliphatic rings. The molecule has 0 unspecified atom stereocenters. The molecule has 0 aliphatic heterocycles. The molecule has 2 rings (SSSR count). The van der Waals surface area contributed by atoms with Crippen molar-refractivity contribution in [1.29, 1.82) is 0 Å². The fraction of sp³-hybridized carbons (Fsp3) is 0.357. The van der Waals surface area contributed by atoms with Crippen molar-refractivity contribution in [3.63, 3.8) is 0 Å². The van der Waals surface area contributed by atoms with Gasteiger partial charge in [-0.3, -0.25) is 4.79 Å². The van der Waals surface area contributed by atoms with Gasteiger partial charge in [0, 0.05) is 18.2 Å². The smallest absolute Gasteiger partial charge is 0.230 e. The van der Waals surface area contributed by atoms with Crippen LogP contribution in [-0.4, -0.2) is 26.4 Å². The molecule has 7 heteroatoms. The number of nitrogens with one attached hydrogen (secondary N) is 1. The minimum absolute atomic E-state index is 0.165. The van der Waals surface area contributed by atoms with E-state index in [0.717, 1.165) is 0 Å². The first-order valence-corrected chi connectivity index (χ1v) is 7.59. The van der Waals surface area contributed by atoms with Gasteiger partial charge in [0.05, 0.1) is 5.75 Å². The van der Waals surface area contributed by atoms with Crippen molar-refractivity contribution >= 4 is 17.7 Å². The molecule has 5 nitrogen and oxygen atoms in total. The predicted octanol–water partition coefficient (Wildman–Crippen LogP) is 2.41. The Morgan fingerprint density at radius 3 is 2.90 bits per heavy atom. The summed E-state index contributed by atoms with van der Waals surface area (Å²) in [5.41, 5.74) is 0.473. The quantitative estimate of drug-likeness (QED) is 0.833. The zero-order valence-electron chi connectivity index (χ0n) is 11.9. The van der Waals surface area contributed by atoms with Crippen molar-refractivity contribution in [3.8, 4) is 0 Å². The molecule has 2 aromatic rings. The van der Waals surface area contributed by atoms with Crippen molar-refractivity contribution in [2.24, 2.45) is 0 Å². The van der Waals surface area contributed by atoms with E-state index in [0.29, 0.717) is 10.7 Å². The van der Waals surface area contributed by atoms with Gasteiger partial charge in [0.15, 0.2) is 5.16 Å². The van der Waals surface area contributed by atoms with E-state index in [1.807, 2.05) is 18.4 Å². The van der Waals surface area contributed by atoms with Crippen molar-refractivity contribution in [2.75, 3.05) is 5.75 Å². The summed E-state index contributed by atoms with van der Waals surface area (Å²) in [6, 6.07) is 6.63. The van der Waals surface area contributed by atoms with Crippen LogP contribution in [0.1, 0.15) is 25.5 Å². The third-order valence-electron chi connectivity index (χ3n) is 2.86. The van der Waals surface area contributed by atoms with Gasteiger partial charge in [-0.05, 0) is 19.9 Å². The molecule has 0 fully saturated rings. The topological polar surface area (TPSA) is 59.8 Å². The summed E-state index contributed by atoms with van der Waals surface area (Å²) in [4.78, 5) is 11.8. The number of benzene rings is 1. The lowest BCUT2D eigenvalue weighted by molar-refractivity contribution is -0.118. The molecule has 1 N–H and O–H groups in total. The lowest BCUT2D eigenvalue weighted by Gasteiger charge is -2.09. The second kappa shape index (κ2) is 7.21. The van der Waals surface area contributed by atoms with Crippen LogP contribution < -0.4 is 5.32 Å². The highest BCUT2D eigenvalue weighted by molar-refractivity contribution is 7.99. The Balaban J connectivity index is 1.83. The van der Waals surface area contributed by atoms with Gasteiger partial charge in [0.2, 0.25) is 5.91 Å². The Labute approximate surface area is 127 Å². The van der Waals surface area contributed by atoms with Gasteiger partial charge < -0.3 is 9.88 Å². The maximum absolute atomic E-state index is 13.4. The molecule has 1 amide bonds. The number of nitrogens with zero attached hydrogens (tertiary/aromatic N) is 3. The number of hydrogen-bond donors (Lipinski definition) is 1. The minimum Gasteiger partial charge on any atom is -0.351 e. The van der Waals surface area contributed by atoms with Gasteiger partial charge in [-0.2, -0.15) is 0 Å². The van der Waals surface area contributed by atoms with Gasteiger partial charge in [-0.1, -0.05) is 30.0 Å². The van der Waals surface area contributed by atoms with E-state index in [4.69, 9.17) is 0 Å². The molecule has 0 atom stereocenters. The van der Waals surface area contributed by atoms with Crippen LogP contribution in [0.5, 0.6) is 0 Å². The first-order valence-electron chi connectivity index (χ1n) is 6.60. The molecule has 0 saturated heterocycles. The highest BCUT2D eigenvalue weighted by Crippen LogP contribution is 2.18. The van der Waals surface area contributed by atoms with E-state index in [-0.39, 0.29) is 30.1 Å². The van der Waals surface area contributed by atoms with Crippen molar-refractivity contribution < 1.29 is 9.18 Å². The van der Waals surface area contributed by atoms with Crippen LogP contribution in [0.3, 0.4) is 0 Å². The monoisotopic (exact) mass is 308 g/mol. The summed E-state index contributed by atoms with van der Waals surface area (Å²) >= 11 is 1.31. The van der Waals surface area contributed by atoms with Gasteiger partial charge >= 0.3 is 0 Å². The number of aromatic nitrogens is 3. The van der Waals surface area contributed by atoms with Crippen molar-refractivity contribution in [2.45, 2.75) is 31.6 Å². The summed E-state index contributed by atoms with van der Waals surface area (Å²) in [6.45, 7) is 4.22. The number of rotatable bonds is 6. The minimum atomic E-state index is -0.315. The number of thioether (sulfide) groups is 1. The van der Waals surface area contributed by atoms with E-state index in [9.17, 15) is 9.18 Å². The third kappa shape index (κ3) is 4.29. The SMILES string of the molecule is CC(C)n1cnnc1SCC(=O)NCc1ccccc1F. The molecule has 1 aromatic heterocycles. The third-order valence-corrected chi connectivity index (χ3v) is 3.82. The zero-order chi connectivity index (χ0) is 15.2. The first kappa shape index (κ1) is 15.5. The number of halogens is 1. The van der Waals surface area contributed by atoms with E-state index >= 15 is 0 Å². The van der Waals surface area contributed by atoms with Gasteiger partial charge in [0.1, 0.15) is 12.1 Å². The fourth-order valence-corrected chi connectivity index (χ4v) is 2.58. The average molecular weight is 308 g/mol. The fourth-order valence-electron chi connectivity index (χ4n) is 1.71. The van der Waals surface area contributed by atoms with Crippen molar-refractivity contribution in [3.05, 3.63) is 42.0 Å². The predicted molar refractivity (Wildman–Crippen MR) is 79.4 cm³/mol. The summed E-state index contributed by atoms with van der Waals surface area (Å²) in [5.74, 6) is -0.258. The number of carbonyl (C=O) groups excluding carboxylic acids is 1. The maximum atomic E-state index is 13.4. The van der Waals surface area contributed by atoms with Crippen LogP contribution in [0.2, 0.25) is 0 Å². The molecule has 0 bridgehead atoms. The van der Waals surface area contributed by atoms with Crippen LogP contribution in [0, 0.1) is 5.82 Å². The standard InChI is InChI=1S/C14H17FN4OS/c1-10(2)19-9-17-18-14(19)21-8-13(20)16-7-11-5-3-4-6-12(11)15/h3-6,9-10H,7-8H2,1-2H3,(H,16,20). The van der Waals surface area contributed by atoms with E-state index in [2.05, 4.69) is 15.5 Å². The van der Waals surface area contributed by atoms with Crippen LogP contribution in [-0.2, 0) is 11.3 Å². The first-order chi connectivity index (χ1) is 10.1. The summed E-state index contributed by atoms with van der Waals surface area (Å²) in [5, 5.41) is 11.2. The van der Waals surface area contributed by atoms with E-state index < -0.39 is 0 Å². The molecule has 21 heavy (non-hydrogen) atoms. The molecular weight excluding hydrogens is 291 g/mol. The second-order valence-electron chi connectivity index (χ2n) is 4.77.